The van der Waals surface area contributed by atoms with Crippen LogP contribution in [-0.4, -0.2) is 36.1 Å². The monoisotopic (exact) mass is 373 g/mol. The quantitative estimate of drug-likeness (QED) is 0.518. The van der Waals surface area contributed by atoms with Crippen LogP contribution in [0.4, 0.5) is 0 Å². The largest absolute Gasteiger partial charge is 0.497 e. The fourth-order valence-electron chi connectivity index (χ4n) is 3.25. The average molecular weight is 373 g/mol. The molecule has 2 rings (SSSR count). The first-order chi connectivity index (χ1) is 12.8. The van der Waals surface area contributed by atoms with E-state index in [9.17, 15) is 9.59 Å². The first kappa shape index (κ1) is 20.6. The van der Waals surface area contributed by atoms with Crippen LogP contribution in [0.25, 0.3) is 0 Å². The maximum Gasteiger partial charge on any atom is 0.355 e. The maximum absolute atomic E-state index is 13.1. The van der Waals surface area contributed by atoms with Gasteiger partial charge in [0.25, 0.3) is 0 Å². The molecule has 1 aromatic heterocycles. The highest BCUT2D eigenvalue weighted by Gasteiger charge is 2.29. The summed E-state index contributed by atoms with van der Waals surface area (Å²) >= 11 is 0. The molecule has 0 aliphatic rings. The molecule has 0 saturated carbocycles. The summed E-state index contributed by atoms with van der Waals surface area (Å²) in [5.74, 6) is 0.609. The van der Waals surface area contributed by atoms with E-state index >= 15 is 0 Å². The number of methoxy groups -OCH3 is 1. The minimum Gasteiger partial charge on any atom is -0.497 e. The van der Waals surface area contributed by atoms with Crippen molar-refractivity contribution >= 4 is 11.8 Å². The van der Waals surface area contributed by atoms with Crippen molar-refractivity contribution < 1.29 is 23.8 Å². The summed E-state index contributed by atoms with van der Waals surface area (Å²) in [6, 6.07) is 7.10. The van der Waals surface area contributed by atoms with Crippen LogP contribution in [0.2, 0.25) is 0 Å². The van der Waals surface area contributed by atoms with Gasteiger partial charge in [-0.25, -0.2) is 4.79 Å². The number of Topliss-reactive ketones (excluding diaryl/α,β-unsaturated/α-hetero) is 1. The molecular formula is C21H27NO5. The molecule has 146 valence electrons. The molecular weight excluding hydrogens is 346 g/mol. The third-order valence-corrected chi connectivity index (χ3v) is 4.52. The zero-order chi connectivity index (χ0) is 20.1. The number of ketones is 1. The number of aromatic nitrogens is 1. The number of rotatable bonds is 8. The van der Waals surface area contributed by atoms with Crippen molar-refractivity contribution in [3.63, 3.8) is 0 Å². The zero-order valence-electron chi connectivity index (χ0n) is 16.8. The van der Waals surface area contributed by atoms with E-state index < -0.39 is 12.1 Å². The van der Waals surface area contributed by atoms with Gasteiger partial charge in [0.05, 0.1) is 13.7 Å². The SMILES string of the molecule is CCOC(=O)c1c(C)c(C(=O)C(C)Oc2cccc(OC)c2)c(C)n1CC. The van der Waals surface area contributed by atoms with Gasteiger partial charge in [-0.1, -0.05) is 6.07 Å². The van der Waals surface area contributed by atoms with Crippen molar-refractivity contribution in [3.8, 4) is 11.5 Å². The summed E-state index contributed by atoms with van der Waals surface area (Å²) in [7, 11) is 1.57. The summed E-state index contributed by atoms with van der Waals surface area (Å²) in [4.78, 5) is 25.5. The van der Waals surface area contributed by atoms with Crippen LogP contribution in [0.3, 0.4) is 0 Å². The van der Waals surface area contributed by atoms with E-state index in [0.717, 1.165) is 5.69 Å². The summed E-state index contributed by atoms with van der Waals surface area (Å²) in [6.07, 6.45) is -0.711. The van der Waals surface area contributed by atoms with Crippen molar-refractivity contribution in [1.29, 1.82) is 0 Å². The predicted octanol–water partition coefficient (Wildman–Crippen LogP) is 3.96. The minimum absolute atomic E-state index is 0.175. The second-order valence-electron chi connectivity index (χ2n) is 6.20. The molecule has 1 heterocycles. The van der Waals surface area contributed by atoms with Crippen LogP contribution in [-0.2, 0) is 11.3 Å². The Hall–Kier alpha value is -2.76. The second kappa shape index (κ2) is 8.75. The normalized spacial score (nSPS) is 11.8. The molecule has 0 spiro atoms. The standard InChI is InChI=1S/C21H27NO5/c1-7-22-14(4)18(13(3)19(22)21(24)26-8-2)20(23)15(5)27-17-11-9-10-16(12-17)25-6/h9-12,15H,7-8H2,1-6H3. The fraction of sp³-hybridized carbons (Fsp3) is 0.429. The lowest BCUT2D eigenvalue weighted by Gasteiger charge is -2.15. The Balaban J connectivity index is 2.36. The molecule has 0 radical (unpaired) electrons. The van der Waals surface area contributed by atoms with Crippen LogP contribution in [0.15, 0.2) is 24.3 Å². The fourth-order valence-corrected chi connectivity index (χ4v) is 3.25. The van der Waals surface area contributed by atoms with Crippen LogP contribution >= 0.6 is 0 Å². The number of hydrogen-bond acceptors (Lipinski definition) is 5. The molecule has 6 nitrogen and oxygen atoms in total. The highest BCUT2D eigenvalue weighted by molar-refractivity contribution is 6.05. The van der Waals surface area contributed by atoms with E-state index in [1.165, 1.54) is 0 Å². The Morgan fingerprint density at radius 3 is 2.41 bits per heavy atom. The molecule has 0 N–H and O–H groups in total. The Bertz CT molecular complexity index is 837. The second-order valence-corrected chi connectivity index (χ2v) is 6.20. The van der Waals surface area contributed by atoms with Gasteiger partial charge in [0.15, 0.2) is 6.10 Å². The van der Waals surface area contributed by atoms with Crippen LogP contribution < -0.4 is 9.47 Å². The van der Waals surface area contributed by atoms with Crippen molar-refractivity contribution in [2.24, 2.45) is 0 Å². The molecule has 1 aromatic carbocycles. The molecule has 1 atom stereocenters. The molecule has 6 heteroatoms. The number of benzene rings is 1. The number of ether oxygens (including phenoxy) is 3. The minimum atomic E-state index is -0.711. The number of carbonyl (C=O) groups is 2. The summed E-state index contributed by atoms with van der Waals surface area (Å²) < 4.78 is 18.0. The van der Waals surface area contributed by atoms with Crippen molar-refractivity contribution in [2.75, 3.05) is 13.7 Å². The third kappa shape index (κ3) is 4.15. The molecule has 0 aliphatic carbocycles. The van der Waals surface area contributed by atoms with Gasteiger partial charge in [0, 0.05) is 23.9 Å². The summed E-state index contributed by atoms with van der Waals surface area (Å²) in [6.45, 7) is 9.86. The van der Waals surface area contributed by atoms with Gasteiger partial charge in [-0.3, -0.25) is 4.79 Å². The van der Waals surface area contributed by atoms with Gasteiger partial charge in [-0.15, -0.1) is 0 Å². The third-order valence-electron chi connectivity index (χ3n) is 4.52. The molecule has 0 bridgehead atoms. The Morgan fingerprint density at radius 2 is 1.81 bits per heavy atom. The van der Waals surface area contributed by atoms with Crippen LogP contribution in [0, 0.1) is 13.8 Å². The van der Waals surface area contributed by atoms with E-state index in [1.54, 1.807) is 52.1 Å². The molecule has 1 unspecified atom stereocenters. The molecule has 27 heavy (non-hydrogen) atoms. The number of nitrogens with zero attached hydrogens (tertiary/aromatic N) is 1. The van der Waals surface area contributed by atoms with Crippen molar-refractivity contribution in [3.05, 3.63) is 46.8 Å². The van der Waals surface area contributed by atoms with E-state index in [0.29, 0.717) is 34.9 Å². The summed E-state index contributed by atoms with van der Waals surface area (Å²) in [5.41, 5.74) is 2.30. The maximum atomic E-state index is 13.1. The molecule has 0 fully saturated rings. The molecule has 0 saturated heterocycles. The van der Waals surface area contributed by atoms with E-state index in [2.05, 4.69) is 0 Å². The molecule has 2 aromatic rings. The first-order valence-electron chi connectivity index (χ1n) is 9.07. The lowest BCUT2D eigenvalue weighted by molar-refractivity contribution is 0.0512. The number of hydrogen-bond donors (Lipinski definition) is 0. The zero-order valence-corrected chi connectivity index (χ0v) is 16.8. The highest BCUT2D eigenvalue weighted by atomic mass is 16.5. The van der Waals surface area contributed by atoms with E-state index in [4.69, 9.17) is 14.2 Å². The topological polar surface area (TPSA) is 66.8 Å². The lowest BCUT2D eigenvalue weighted by Crippen LogP contribution is -2.25. The van der Waals surface area contributed by atoms with Crippen LogP contribution in [0.1, 0.15) is 52.9 Å². The van der Waals surface area contributed by atoms with E-state index in [1.807, 2.05) is 18.4 Å². The van der Waals surface area contributed by atoms with Gasteiger partial charge in [0.2, 0.25) is 5.78 Å². The van der Waals surface area contributed by atoms with Gasteiger partial charge in [-0.05, 0) is 52.3 Å². The van der Waals surface area contributed by atoms with Gasteiger partial charge < -0.3 is 18.8 Å². The Morgan fingerprint density at radius 1 is 1.15 bits per heavy atom. The number of carbonyl (C=O) groups excluding carboxylic acids is 2. The Labute approximate surface area is 160 Å². The smallest absolute Gasteiger partial charge is 0.355 e. The molecule has 0 aliphatic heterocycles. The molecule has 0 amide bonds. The van der Waals surface area contributed by atoms with Gasteiger partial charge in [-0.2, -0.15) is 0 Å². The van der Waals surface area contributed by atoms with Crippen LogP contribution in [0.5, 0.6) is 11.5 Å². The highest BCUT2D eigenvalue weighted by Crippen LogP contribution is 2.26. The summed E-state index contributed by atoms with van der Waals surface area (Å²) in [5, 5.41) is 0. The number of esters is 1. The van der Waals surface area contributed by atoms with Gasteiger partial charge >= 0.3 is 5.97 Å². The lowest BCUT2D eigenvalue weighted by atomic mass is 10.0. The Kier molecular flexibility index (Phi) is 6.66. The first-order valence-corrected chi connectivity index (χ1v) is 9.07. The average Bonchev–Trinajstić information content (AvgIpc) is 2.91. The van der Waals surface area contributed by atoms with Crippen molar-refractivity contribution in [2.45, 2.75) is 47.3 Å². The van der Waals surface area contributed by atoms with Gasteiger partial charge in [0.1, 0.15) is 17.2 Å². The van der Waals surface area contributed by atoms with Crippen molar-refractivity contribution in [1.82, 2.24) is 4.57 Å². The predicted molar refractivity (Wildman–Crippen MR) is 103 cm³/mol. The van der Waals surface area contributed by atoms with E-state index in [-0.39, 0.29) is 12.4 Å².